The Labute approximate surface area is 104 Å². The second-order valence-electron chi connectivity index (χ2n) is 3.96. The molecular formula is C11H12Cl2N2O. The van der Waals surface area contributed by atoms with Gasteiger partial charge < -0.3 is 11.1 Å². The molecule has 0 aromatic heterocycles. The summed E-state index contributed by atoms with van der Waals surface area (Å²) in [6, 6.07) is 5.32. The van der Waals surface area contributed by atoms with Crippen molar-refractivity contribution in [3.8, 4) is 0 Å². The van der Waals surface area contributed by atoms with Gasteiger partial charge in [0.2, 0.25) is 5.91 Å². The monoisotopic (exact) mass is 258 g/mol. The third kappa shape index (κ3) is 2.17. The van der Waals surface area contributed by atoms with Gasteiger partial charge >= 0.3 is 0 Å². The van der Waals surface area contributed by atoms with E-state index >= 15 is 0 Å². The fraction of sp³-hybridized carbons (Fsp3) is 0.364. The van der Waals surface area contributed by atoms with E-state index in [1.165, 1.54) is 0 Å². The van der Waals surface area contributed by atoms with E-state index in [9.17, 15) is 4.79 Å². The molecule has 1 amide bonds. The van der Waals surface area contributed by atoms with E-state index in [1.54, 1.807) is 12.1 Å². The molecule has 0 saturated heterocycles. The number of amides is 1. The molecule has 0 bridgehead atoms. The molecular weight excluding hydrogens is 247 g/mol. The molecule has 0 radical (unpaired) electrons. The van der Waals surface area contributed by atoms with Crippen LogP contribution in [0.5, 0.6) is 0 Å². The van der Waals surface area contributed by atoms with Crippen LogP contribution in [0.4, 0.5) is 0 Å². The molecule has 86 valence electrons. The number of hydrogen-bond acceptors (Lipinski definition) is 2. The molecule has 2 rings (SSSR count). The zero-order valence-corrected chi connectivity index (χ0v) is 10.1. The van der Waals surface area contributed by atoms with E-state index in [1.807, 2.05) is 6.07 Å². The van der Waals surface area contributed by atoms with Crippen LogP contribution in [0.2, 0.25) is 10.0 Å². The normalized spacial score (nSPS) is 16.9. The molecule has 0 atom stereocenters. The lowest BCUT2D eigenvalue weighted by Gasteiger charge is -2.19. The number of nitrogens with one attached hydrogen (secondary N) is 1. The quantitative estimate of drug-likeness (QED) is 0.872. The molecule has 0 spiro atoms. The lowest BCUT2D eigenvalue weighted by atomic mass is 10.0. The first-order valence-corrected chi connectivity index (χ1v) is 5.79. The summed E-state index contributed by atoms with van der Waals surface area (Å²) >= 11 is 11.9. The average Bonchev–Trinajstić information content (AvgIpc) is 2.98. The highest BCUT2D eigenvalue weighted by Gasteiger charge is 2.46. The molecule has 1 fully saturated rings. The van der Waals surface area contributed by atoms with Crippen molar-refractivity contribution < 1.29 is 4.79 Å². The van der Waals surface area contributed by atoms with Gasteiger partial charge in [-0.25, -0.2) is 0 Å². The lowest BCUT2D eigenvalue weighted by molar-refractivity contribution is -0.120. The standard InChI is InChI=1S/C11H12Cl2N2O/c12-7-1-2-8(9(13)5-7)11(3-4-11)15-10(16)6-14/h1-2,5H,3-4,6,14H2,(H,15,16). The highest BCUT2D eigenvalue weighted by Crippen LogP contribution is 2.48. The van der Waals surface area contributed by atoms with Gasteiger partial charge in [0, 0.05) is 10.0 Å². The van der Waals surface area contributed by atoms with Crippen molar-refractivity contribution in [3.05, 3.63) is 33.8 Å². The molecule has 0 unspecified atom stereocenters. The Morgan fingerprint density at radius 3 is 2.62 bits per heavy atom. The van der Waals surface area contributed by atoms with Crippen molar-refractivity contribution in [1.29, 1.82) is 0 Å². The first-order chi connectivity index (χ1) is 7.57. The summed E-state index contributed by atoms with van der Waals surface area (Å²) in [4.78, 5) is 11.3. The zero-order valence-electron chi connectivity index (χ0n) is 8.59. The maximum absolute atomic E-state index is 11.3. The number of hydrogen-bond donors (Lipinski definition) is 2. The van der Waals surface area contributed by atoms with Gasteiger partial charge in [0.25, 0.3) is 0 Å². The minimum atomic E-state index is -0.321. The van der Waals surface area contributed by atoms with E-state index in [-0.39, 0.29) is 18.0 Å². The lowest BCUT2D eigenvalue weighted by Crippen LogP contribution is -2.38. The molecule has 5 heteroatoms. The summed E-state index contributed by atoms with van der Waals surface area (Å²) in [5.74, 6) is -0.163. The van der Waals surface area contributed by atoms with Crippen LogP contribution < -0.4 is 11.1 Å². The average molecular weight is 259 g/mol. The maximum atomic E-state index is 11.3. The third-order valence-electron chi connectivity index (χ3n) is 2.76. The summed E-state index contributed by atoms with van der Waals surface area (Å²) < 4.78 is 0. The summed E-state index contributed by atoms with van der Waals surface area (Å²) in [6.07, 6.45) is 1.78. The van der Waals surface area contributed by atoms with E-state index in [0.717, 1.165) is 18.4 Å². The molecule has 3 nitrogen and oxygen atoms in total. The topological polar surface area (TPSA) is 55.1 Å². The van der Waals surface area contributed by atoms with Crippen molar-refractivity contribution in [3.63, 3.8) is 0 Å². The fourth-order valence-corrected chi connectivity index (χ4v) is 2.37. The van der Waals surface area contributed by atoms with Crippen LogP contribution in [0.3, 0.4) is 0 Å². The van der Waals surface area contributed by atoms with Crippen LogP contribution >= 0.6 is 23.2 Å². The van der Waals surface area contributed by atoms with Crippen molar-refractivity contribution >= 4 is 29.1 Å². The van der Waals surface area contributed by atoms with Gasteiger partial charge in [-0.05, 0) is 30.5 Å². The van der Waals surface area contributed by atoms with E-state index in [4.69, 9.17) is 28.9 Å². The largest absolute Gasteiger partial charge is 0.345 e. The van der Waals surface area contributed by atoms with Gasteiger partial charge in [0.05, 0.1) is 12.1 Å². The Morgan fingerprint density at radius 1 is 1.44 bits per heavy atom. The Kier molecular flexibility index (Phi) is 3.10. The smallest absolute Gasteiger partial charge is 0.234 e. The molecule has 1 aliphatic carbocycles. The first-order valence-electron chi connectivity index (χ1n) is 5.04. The van der Waals surface area contributed by atoms with Gasteiger partial charge in [0.15, 0.2) is 0 Å². The Hall–Kier alpha value is -0.770. The SMILES string of the molecule is NCC(=O)NC1(c2ccc(Cl)cc2Cl)CC1. The minimum Gasteiger partial charge on any atom is -0.345 e. The highest BCUT2D eigenvalue weighted by molar-refractivity contribution is 6.35. The number of halogens is 2. The van der Waals surface area contributed by atoms with Gasteiger partial charge in [-0.2, -0.15) is 0 Å². The van der Waals surface area contributed by atoms with Crippen molar-refractivity contribution in [2.75, 3.05) is 6.54 Å². The minimum absolute atomic E-state index is 0.00699. The predicted molar refractivity (Wildman–Crippen MR) is 64.6 cm³/mol. The molecule has 0 aliphatic heterocycles. The number of carbonyl (C=O) groups is 1. The van der Waals surface area contributed by atoms with Crippen LogP contribution in [-0.2, 0) is 10.3 Å². The van der Waals surface area contributed by atoms with Crippen LogP contribution in [0.25, 0.3) is 0 Å². The molecule has 1 aliphatic rings. The molecule has 0 heterocycles. The van der Waals surface area contributed by atoms with Gasteiger partial charge in [-0.3, -0.25) is 4.79 Å². The Balaban J connectivity index is 2.26. The van der Waals surface area contributed by atoms with Crippen LogP contribution in [0.15, 0.2) is 18.2 Å². The van der Waals surface area contributed by atoms with Crippen molar-refractivity contribution in [2.45, 2.75) is 18.4 Å². The number of nitrogens with two attached hydrogens (primary N) is 1. The van der Waals surface area contributed by atoms with Gasteiger partial charge in [-0.15, -0.1) is 0 Å². The second-order valence-corrected chi connectivity index (χ2v) is 4.80. The first kappa shape index (κ1) is 11.7. The summed E-state index contributed by atoms with van der Waals surface area (Å²) in [7, 11) is 0. The molecule has 3 N–H and O–H groups in total. The van der Waals surface area contributed by atoms with Gasteiger partial charge in [0.1, 0.15) is 0 Å². The number of carbonyl (C=O) groups excluding carboxylic acids is 1. The fourth-order valence-electron chi connectivity index (χ4n) is 1.78. The zero-order chi connectivity index (χ0) is 11.8. The molecule has 1 aromatic carbocycles. The van der Waals surface area contributed by atoms with Crippen LogP contribution in [0.1, 0.15) is 18.4 Å². The maximum Gasteiger partial charge on any atom is 0.234 e. The number of rotatable bonds is 3. The van der Waals surface area contributed by atoms with E-state index < -0.39 is 0 Å². The van der Waals surface area contributed by atoms with Crippen molar-refractivity contribution in [1.82, 2.24) is 5.32 Å². The van der Waals surface area contributed by atoms with E-state index in [0.29, 0.717) is 10.0 Å². The predicted octanol–water partition coefficient (Wildman–Crippen LogP) is 2.06. The summed E-state index contributed by atoms with van der Waals surface area (Å²) in [6.45, 7) is -0.00699. The number of benzene rings is 1. The molecule has 16 heavy (non-hydrogen) atoms. The summed E-state index contributed by atoms with van der Waals surface area (Å²) in [5, 5.41) is 4.08. The van der Waals surface area contributed by atoms with Gasteiger partial charge in [-0.1, -0.05) is 29.3 Å². The second kappa shape index (κ2) is 4.24. The van der Waals surface area contributed by atoms with E-state index in [2.05, 4.69) is 5.32 Å². The Morgan fingerprint density at radius 2 is 2.12 bits per heavy atom. The molecule has 1 aromatic rings. The third-order valence-corrected chi connectivity index (χ3v) is 3.31. The summed E-state index contributed by atoms with van der Waals surface area (Å²) in [5.41, 5.74) is 5.88. The van der Waals surface area contributed by atoms with Crippen molar-refractivity contribution in [2.24, 2.45) is 5.73 Å². The van der Waals surface area contributed by atoms with Crippen LogP contribution in [0, 0.1) is 0 Å². The Bertz CT molecular complexity index is 430. The highest BCUT2D eigenvalue weighted by atomic mass is 35.5. The van der Waals surface area contributed by atoms with Crippen LogP contribution in [-0.4, -0.2) is 12.5 Å². The molecule has 1 saturated carbocycles.